The first-order valence-corrected chi connectivity index (χ1v) is 15.0. The van der Waals surface area contributed by atoms with Crippen LogP contribution in [0.4, 0.5) is 0 Å². The van der Waals surface area contributed by atoms with Gasteiger partial charge in [-0.3, -0.25) is 9.78 Å². The van der Waals surface area contributed by atoms with Crippen molar-refractivity contribution in [1.29, 1.82) is 0 Å². The maximum absolute atomic E-state index is 11.6. The average molecular weight is 532 g/mol. The molecule has 0 N–H and O–H groups in total. The number of allylic oxidation sites excluding steroid dienone is 1. The normalized spacial score (nSPS) is 11.0. The zero-order valence-electron chi connectivity index (χ0n) is 27.0. The van der Waals surface area contributed by atoms with E-state index in [1.807, 2.05) is 43.3 Å². The molecule has 1 heterocycles. The van der Waals surface area contributed by atoms with Crippen molar-refractivity contribution in [3.8, 4) is 0 Å². The maximum atomic E-state index is 11.6. The molecule has 0 spiro atoms. The van der Waals surface area contributed by atoms with E-state index in [0.717, 1.165) is 46.8 Å². The number of Topliss-reactive ketones (excluding diaryl/α,β-unsaturated/α-hetero) is 1. The van der Waals surface area contributed by atoms with Crippen LogP contribution in [0.3, 0.4) is 0 Å². The number of aromatic nitrogens is 1. The lowest BCUT2D eigenvalue weighted by atomic mass is 9.92. The van der Waals surface area contributed by atoms with Crippen molar-refractivity contribution >= 4 is 16.7 Å². The van der Waals surface area contributed by atoms with Crippen molar-refractivity contribution in [2.45, 2.75) is 108 Å². The van der Waals surface area contributed by atoms with E-state index in [0.29, 0.717) is 6.42 Å². The van der Waals surface area contributed by atoms with Crippen LogP contribution in [0.2, 0.25) is 0 Å². The number of fused-ring (bicyclic) bond motifs is 1. The van der Waals surface area contributed by atoms with Gasteiger partial charge in [-0.2, -0.15) is 0 Å². The van der Waals surface area contributed by atoms with Crippen molar-refractivity contribution in [2.24, 2.45) is 17.8 Å². The molecule has 3 rings (SSSR count). The summed E-state index contributed by atoms with van der Waals surface area (Å²) in [6.45, 7) is 27.3. The molecule has 0 bridgehead atoms. The molecular formula is C37H57NO. The van der Waals surface area contributed by atoms with Crippen LogP contribution in [0.1, 0.15) is 104 Å². The van der Waals surface area contributed by atoms with Crippen molar-refractivity contribution in [3.63, 3.8) is 0 Å². The Hall–Kier alpha value is -2.74. The number of nitrogens with zero attached hydrogens (tertiary/aromatic N) is 1. The Balaban J connectivity index is 0.000000583. The monoisotopic (exact) mass is 531 g/mol. The van der Waals surface area contributed by atoms with Crippen molar-refractivity contribution in [2.75, 3.05) is 0 Å². The van der Waals surface area contributed by atoms with E-state index in [1.54, 1.807) is 6.92 Å². The van der Waals surface area contributed by atoms with Gasteiger partial charge in [0, 0.05) is 23.4 Å². The predicted octanol–water partition coefficient (Wildman–Crippen LogP) is 10.8. The minimum Gasteiger partial charge on any atom is -0.299 e. The van der Waals surface area contributed by atoms with Crippen molar-refractivity contribution < 1.29 is 4.79 Å². The molecule has 1 atom stereocenters. The van der Waals surface area contributed by atoms with E-state index in [1.165, 1.54) is 29.5 Å². The fourth-order valence-electron chi connectivity index (χ4n) is 3.47. The Bertz CT molecular complexity index is 1090. The molecule has 0 amide bonds. The Morgan fingerprint density at radius 2 is 1.38 bits per heavy atom. The Morgan fingerprint density at radius 1 is 0.821 bits per heavy atom. The second-order valence-corrected chi connectivity index (χ2v) is 11.3. The number of aryl methyl sites for hydroxylation is 3. The Kier molecular flexibility index (Phi) is 18.8. The highest BCUT2D eigenvalue weighted by Crippen LogP contribution is 2.18. The largest absolute Gasteiger partial charge is 0.299 e. The highest BCUT2D eigenvalue weighted by Gasteiger charge is 2.16. The topological polar surface area (TPSA) is 30.0 Å². The number of pyridine rings is 1. The van der Waals surface area contributed by atoms with Crippen molar-refractivity contribution in [3.05, 3.63) is 89.1 Å². The van der Waals surface area contributed by atoms with Gasteiger partial charge in [-0.1, -0.05) is 123 Å². The smallest absolute Gasteiger partial charge is 0.137 e. The quantitative estimate of drug-likeness (QED) is 0.271. The highest BCUT2D eigenvalue weighted by atomic mass is 16.1. The van der Waals surface area contributed by atoms with Crippen molar-refractivity contribution in [1.82, 2.24) is 4.98 Å². The molecule has 0 aliphatic heterocycles. The summed E-state index contributed by atoms with van der Waals surface area (Å²) in [7, 11) is 0. The van der Waals surface area contributed by atoms with Gasteiger partial charge in [0.15, 0.2) is 0 Å². The van der Waals surface area contributed by atoms with Crippen LogP contribution in [0, 0.1) is 24.7 Å². The summed E-state index contributed by atoms with van der Waals surface area (Å²) in [5, 5.41) is 1.12. The molecule has 0 radical (unpaired) electrons. The number of benzene rings is 2. The lowest BCUT2D eigenvalue weighted by Gasteiger charge is -2.13. The van der Waals surface area contributed by atoms with Crippen LogP contribution in [-0.4, -0.2) is 10.8 Å². The predicted molar refractivity (Wildman–Crippen MR) is 175 cm³/mol. The first-order chi connectivity index (χ1) is 18.4. The molecule has 0 fully saturated rings. The van der Waals surface area contributed by atoms with Gasteiger partial charge >= 0.3 is 0 Å². The third-order valence-electron chi connectivity index (χ3n) is 6.98. The first-order valence-electron chi connectivity index (χ1n) is 15.0. The molecular weight excluding hydrogens is 474 g/mol. The number of hydrogen-bond acceptors (Lipinski definition) is 2. The fourth-order valence-corrected chi connectivity index (χ4v) is 3.47. The first kappa shape index (κ1) is 36.3. The van der Waals surface area contributed by atoms with Gasteiger partial charge < -0.3 is 0 Å². The second-order valence-electron chi connectivity index (χ2n) is 11.3. The van der Waals surface area contributed by atoms with E-state index in [2.05, 4.69) is 92.1 Å². The summed E-state index contributed by atoms with van der Waals surface area (Å²) in [4.78, 5) is 16.2. The number of hydrogen-bond donors (Lipinski definition) is 0. The minimum absolute atomic E-state index is 0.126. The molecule has 3 aromatic rings. The third kappa shape index (κ3) is 15.4. The molecule has 2 nitrogen and oxygen atoms in total. The van der Waals surface area contributed by atoms with Gasteiger partial charge in [0.25, 0.3) is 0 Å². The zero-order valence-corrected chi connectivity index (χ0v) is 27.0. The van der Waals surface area contributed by atoms with Gasteiger partial charge in [-0.25, -0.2) is 0 Å². The zero-order chi connectivity index (χ0) is 30.0. The molecule has 216 valence electrons. The standard InChI is InChI=1S/C16H17NO.C11H16.2C5H12/c1-11(2)15(12(3)18)10-14-9-8-13-6-4-5-7-16(13)17-14;1-4-10-6-7-11(5-2)9(3)8-10;2*1-4-5(2)3/h4-9,15H,1,10H2,2-3H3;6-8H,4-5H2,1-3H3;2*5H,4H2,1-3H3. The fraction of sp³-hybridized carbons (Fsp3) is 0.514. The molecule has 1 unspecified atom stereocenters. The molecule has 2 aromatic carbocycles. The van der Waals surface area contributed by atoms with E-state index >= 15 is 0 Å². The maximum Gasteiger partial charge on any atom is 0.137 e. The van der Waals surface area contributed by atoms with E-state index in [-0.39, 0.29) is 11.7 Å². The Morgan fingerprint density at radius 3 is 1.82 bits per heavy atom. The summed E-state index contributed by atoms with van der Waals surface area (Å²) in [5.74, 6) is 1.79. The number of carbonyl (C=O) groups is 1. The molecule has 39 heavy (non-hydrogen) atoms. The van der Waals surface area contributed by atoms with Gasteiger partial charge in [0.05, 0.1) is 5.52 Å². The van der Waals surface area contributed by atoms with E-state index < -0.39 is 0 Å². The van der Waals surface area contributed by atoms with E-state index in [9.17, 15) is 4.79 Å². The highest BCUT2D eigenvalue weighted by molar-refractivity contribution is 5.82. The SMILES string of the molecule is C=C(C)C(Cc1ccc2ccccc2n1)C(C)=O.CCC(C)C.CCC(C)C.CCc1ccc(CC)c(C)c1. The van der Waals surface area contributed by atoms with Gasteiger partial charge in [0.2, 0.25) is 0 Å². The molecule has 0 aliphatic rings. The van der Waals surface area contributed by atoms with Crippen LogP contribution < -0.4 is 0 Å². The van der Waals surface area contributed by atoms with Crippen LogP contribution in [0.25, 0.3) is 10.9 Å². The van der Waals surface area contributed by atoms with Crippen LogP contribution in [0.15, 0.2) is 66.7 Å². The molecule has 2 heteroatoms. The van der Waals surface area contributed by atoms with E-state index in [4.69, 9.17) is 0 Å². The van der Waals surface area contributed by atoms with Gasteiger partial charge in [0.1, 0.15) is 5.78 Å². The lowest BCUT2D eigenvalue weighted by molar-refractivity contribution is -0.119. The van der Waals surface area contributed by atoms with Crippen LogP contribution >= 0.6 is 0 Å². The van der Waals surface area contributed by atoms with Crippen LogP contribution in [0.5, 0.6) is 0 Å². The number of rotatable bonds is 8. The summed E-state index contributed by atoms with van der Waals surface area (Å²) >= 11 is 0. The van der Waals surface area contributed by atoms with Gasteiger partial charge in [-0.15, -0.1) is 0 Å². The average Bonchev–Trinajstić information content (AvgIpc) is 2.92. The second kappa shape index (κ2) is 20.2. The number of carbonyl (C=O) groups excluding carboxylic acids is 1. The third-order valence-corrected chi connectivity index (χ3v) is 6.98. The minimum atomic E-state index is -0.126. The summed E-state index contributed by atoms with van der Waals surface area (Å²) in [6.07, 6.45) is 5.54. The van der Waals surface area contributed by atoms with Crippen LogP contribution in [-0.2, 0) is 24.1 Å². The summed E-state index contributed by atoms with van der Waals surface area (Å²) in [6, 6.07) is 18.8. The molecule has 0 saturated heterocycles. The summed E-state index contributed by atoms with van der Waals surface area (Å²) < 4.78 is 0. The summed E-state index contributed by atoms with van der Waals surface area (Å²) in [5.41, 5.74) is 7.17. The molecule has 1 aromatic heterocycles. The molecule has 0 saturated carbocycles. The lowest BCUT2D eigenvalue weighted by Crippen LogP contribution is -2.15. The Labute approximate surface area is 241 Å². The van der Waals surface area contributed by atoms with Gasteiger partial charge in [-0.05, 0) is 74.3 Å². The number of para-hydroxylation sites is 1. The number of ketones is 1. The molecule has 0 aliphatic carbocycles.